The molecule has 34 heavy (non-hydrogen) atoms. The van der Waals surface area contributed by atoms with Crippen molar-refractivity contribution in [2.24, 2.45) is 0 Å². The molecule has 0 bridgehead atoms. The topological polar surface area (TPSA) is 66.4 Å². The average Bonchev–Trinajstić information content (AvgIpc) is 3.21. The first-order chi connectivity index (χ1) is 16.5. The van der Waals surface area contributed by atoms with Crippen molar-refractivity contribution in [2.45, 2.75) is 24.3 Å². The minimum atomic E-state index is -1.12. The number of carbonyl (C=O) groups excluding carboxylic acids is 1. The number of fused-ring (bicyclic) bond motifs is 3. The number of amides is 1. The number of carboxylic acids is 1. The van der Waals surface area contributed by atoms with E-state index in [1.165, 1.54) is 0 Å². The fourth-order valence-electron chi connectivity index (χ4n) is 5.10. The van der Waals surface area contributed by atoms with Crippen molar-refractivity contribution in [3.8, 4) is 11.1 Å². The Balaban J connectivity index is 1.59. The quantitative estimate of drug-likeness (QED) is 0.417. The molecular weight excluding hydrogens is 422 g/mol. The smallest absolute Gasteiger partial charge is 0.327 e. The Kier molecular flexibility index (Phi) is 5.50. The van der Waals surface area contributed by atoms with Crippen molar-refractivity contribution < 1.29 is 14.7 Å². The SMILES string of the molecule is CC(C(=O)N[C@H](C(=O)O)C1c2ccccc2-c2ccccc21)(c1ccccc1)c1ccccc1. The van der Waals surface area contributed by atoms with Crippen molar-refractivity contribution in [2.75, 3.05) is 0 Å². The highest BCUT2D eigenvalue weighted by molar-refractivity contribution is 5.95. The second kappa shape index (κ2) is 8.64. The summed E-state index contributed by atoms with van der Waals surface area (Å²) in [6.07, 6.45) is 0. The van der Waals surface area contributed by atoms with E-state index < -0.39 is 23.3 Å². The zero-order valence-electron chi connectivity index (χ0n) is 18.8. The first kappa shape index (κ1) is 21.7. The monoisotopic (exact) mass is 447 g/mol. The Bertz CT molecular complexity index is 1260. The second-order valence-electron chi connectivity index (χ2n) is 8.80. The fraction of sp³-hybridized carbons (Fsp3) is 0.133. The molecule has 4 aromatic carbocycles. The number of carboxylic acid groups (broad SMARTS) is 1. The second-order valence-corrected chi connectivity index (χ2v) is 8.80. The molecule has 4 nitrogen and oxygen atoms in total. The van der Waals surface area contributed by atoms with Gasteiger partial charge in [-0.25, -0.2) is 4.79 Å². The van der Waals surface area contributed by atoms with Crippen LogP contribution in [0.15, 0.2) is 109 Å². The summed E-state index contributed by atoms with van der Waals surface area (Å²) in [5.74, 6) is -1.89. The van der Waals surface area contributed by atoms with E-state index in [-0.39, 0.29) is 5.91 Å². The van der Waals surface area contributed by atoms with Crippen LogP contribution in [0.25, 0.3) is 11.1 Å². The van der Waals surface area contributed by atoms with Gasteiger partial charge < -0.3 is 10.4 Å². The molecule has 4 aromatic rings. The Morgan fingerprint density at radius 1 is 0.706 bits per heavy atom. The molecule has 5 rings (SSSR count). The number of benzene rings is 4. The molecule has 4 heteroatoms. The molecule has 0 saturated heterocycles. The van der Waals surface area contributed by atoms with Crippen LogP contribution in [0.3, 0.4) is 0 Å². The van der Waals surface area contributed by atoms with Crippen LogP contribution in [0.5, 0.6) is 0 Å². The lowest BCUT2D eigenvalue weighted by atomic mass is 9.75. The van der Waals surface area contributed by atoms with E-state index in [0.717, 1.165) is 33.4 Å². The van der Waals surface area contributed by atoms with E-state index in [1.807, 2.05) is 116 Å². The van der Waals surface area contributed by atoms with Gasteiger partial charge in [0, 0.05) is 5.92 Å². The minimum absolute atomic E-state index is 0.348. The summed E-state index contributed by atoms with van der Waals surface area (Å²) in [4.78, 5) is 26.6. The maximum Gasteiger partial charge on any atom is 0.327 e. The largest absolute Gasteiger partial charge is 0.480 e. The number of hydrogen-bond acceptors (Lipinski definition) is 2. The van der Waals surface area contributed by atoms with Gasteiger partial charge in [0.2, 0.25) is 5.91 Å². The molecule has 0 aromatic heterocycles. The van der Waals surface area contributed by atoms with Crippen molar-refractivity contribution in [3.05, 3.63) is 131 Å². The molecule has 0 fully saturated rings. The Morgan fingerprint density at radius 2 is 1.12 bits per heavy atom. The van der Waals surface area contributed by atoms with E-state index in [1.54, 1.807) is 0 Å². The highest BCUT2D eigenvalue weighted by Gasteiger charge is 2.43. The summed E-state index contributed by atoms with van der Waals surface area (Å²) < 4.78 is 0. The summed E-state index contributed by atoms with van der Waals surface area (Å²) in [6, 6.07) is 33.5. The Morgan fingerprint density at radius 3 is 1.56 bits per heavy atom. The molecule has 0 saturated carbocycles. The van der Waals surface area contributed by atoms with Gasteiger partial charge in [-0.2, -0.15) is 0 Å². The van der Waals surface area contributed by atoms with Crippen molar-refractivity contribution in [1.29, 1.82) is 0 Å². The summed E-state index contributed by atoms with van der Waals surface area (Å²) in [6.45, 7) is 1.85. The molecule has 2 N–H and O–H groups in total. The third-order valence-electron chi connectivity index (χ3n) is 6.92. The van der Waals surface area contributed by atoms with Crippen LogP contribution >= 0.6 is 0 Å². The molecule has 0 aliphatic heterocycles. The standard InChI is InChI=1S/C30H25NO3/c1-30(20-12-4-2-5-13-20,21-14-6-3-7-15-21)29(34)31-27(28(32)33)26-24-18-10-8-16-22(24)23-17-9-11-19-25(23)26/h2-19,26-27H,1H3,(H,31,34)(H,32,33)/t27-/m0/s1. The zero-order chi connectivity index (χ0) is 23.7. The van der Waals surface area contributed by atoms with Gasteiger partial charge in [-0.1, -0.05) is 109 Å². The lowest BCUT2D eigenvalue weighted by molar-refractivity contribution is -0.142. The predicted molar refractivity (Wildman–Crippen MR) is 133 cm³/mol. The molecule has 1 aliphatic carbocycles. The maximum absolute atomic E-state index is 14.0. The molecule has 0 radical (unpaired) electrons. The molecule has 0 spiro atoms. The third-order valence-corrected chi connectivity index (χ3v) is 6.92. The van der Waals surface area contributed by atoms with Crippen molar-refractivity contribution in [3.63, 3.8) is 0 Å². The van der Waals surface area contributed by atoms with Crippen molar-refractivity contribution in [1.82, 2.24) is 5.32 Å². The van der Waals surface area contributed by atoms with Crippen LogP contribution in [-0.4, -0.2) is 23.0 Å². The minimum Gasteiger partial charge on any atom is -0.480 e. The highest BCUT2D eigenvalue weighted by atomic mass is 16.4. The molecule has 168 valence electrons. The predicted octanol–water partition coefficient (Wildman–Crippen LogP) is 5.37. The first-order valence-electron chi connectivity index (χ1n) is 11.3. The van der Waals surface area contributed by atoms with Gasteiger partial charge in [-0.15, -0.1) is 0 Å². The zero-order valence-corrected chi connectivity index (χ0v) is 18.8. The van der Waals surface area contributed by atoms with Crippen LogP contribution < -0.4 is 5.32 Å². The molecule has 1 aliphatic rings. The first-order valence-corrected chi connectivity index (χ1v) is 11.3. The Hall–Kier alpha value is -4.18. The van der Waals surface area contributed by atoms with E-state index in [0.29, 0.717) is 0 Å². The van der Waals surface area contributed by atoms with Crippen LogP contribution in [0, 0.1) is 0 Å². The molecule has 0 heterocycles. The van der Waals surface area contributed by atoms with Crippen LogP contribution in [0.2, 0.25) is 0 Å². The summed E-state index contributed by atoms with van der Waals surface area (Å²) >= 11 is 0. The summed E-state index contributed by atoms with van der Waals surface area (Å²) in [7, 11) is 0. The lowest BCUT2D eigenvalue weighted by Crippen LogP contribution is -2.52. The van der Waals surface area contributed by atoms with Gasteiger partial charge in [-0.3, -0.25) is 4.79 Å². The van der Waals surface area contributed by atoms with Gasteiger partial charge in [-0.05, 0) is 40.3 Å². The number of carbonyl (C=O) groups is 2. The van der Waals surface area contributed by atoms with Crippen LogP contribution in [-0.2, 0) is 15.0 Å². The van der Waals surface area contributed by atoms with Gasteiger partial charge >= 0.3 is 5.97 Å². The fourth-order valence-corrected chi connectivity index (χ4v) is 5.10. The van der Waals surface area contributed by atoms with E-state index in [2.05, 4.69) is 5.32 Å². The van der Waals surface area contributed by atoms with Crippen molar-refractivity contribution >= 4 is 11.9 Å². The van der Waals surface area contributed by atoms with Gasteiger partial charge in [0.25, 0.3) is 0 Å². The van der Waals surface area contributed by atoms with Gasteiger partial charge in [0.05, 0.1) is 5.41 Å². The lowest BCUT2D eigenvalue weighted by Gasteiger charge is -2.32. The van der Waals surface area contributed by atoms with Crippen LogP contribution in [0.4, 0.5) is 0 Å². The maximum atomic E-state index is 14.0. The molecule has 1 amide bonds. The third kappa shape index (κ3) is 3.48. The number of nitrogens with one attached hydrogen (secondary N) is 1. The summed E-state index contributed by atoms with van der Waals surface area (Å²) in [5.41, 5.74) is 4.39. The average molecular weight is 448 g/mol. The molecule has 1 atom stereocenters. The van der Waals surface area contributed by atoms with E-state index in [9.17, 15) is 14.7 Å². The van der Waals surface area contributed by atoms with Crippen LogP contribution in [0.1, 0.15) is 35.1 Å². The normalized spacial score (nSPS) is 13.6. The van der Waals surface area contributed by atoms with E-state index >= 15 is 0 Å². The molecular formula is C30H25NO3. The molecule has 0 unspecified atom stereocenters. The van der Waals surface area contributed by atoms with Gasteiger partial charge in [0.1, 0.15) is 6.04 Å². The highest BCUT2D eigenvalue weighted by Crippen LogP contribution is 2.46. The van der Waals surface area contributed by atoms with Gasteiger partial charge in [0.15, 0.2) is 0 Å². The summed E-state index contributed by atoms with van der Waals surface area (Å²) in [5, 5.41) is 13.3. The van der Waals surface area contributed by atoms with E-state index in [4.69, 9.17) is 0 Å². The Labute approximate surface area is 198 Å². The number of aliphatic carboxylic acids is 1. The number of hydrogen-bond donors (Lipinski definition) is 2. The number of rotatable bonds is 6.